The summed E-state index contributed by atoms with van der Waals surface area (Å²) in [4.78, 5) is 8.50. The van der Waals surface area contributed by atoms with Crippen LogP contribution in [0.4, 0.5) is 38.0 Å². The van der Waals surface area contributed by atoms with E-state index in [9.17, 15) is 26.3 Å². The Morgan fingerprint density at radius 2 is 1.50 bits per heavy atom. The summed E-state index contributed by atoms with van der Waals surface area (Å²) in [5.41, 5.74) is 7.11. The van der Waals surface area contributed by atoms with Crippen LogP contribution in [0.15, 0.2) is 29.4 Å². The summed E-state index contributed by atoms with van der Waals surface area (Å²) in [5, 5.41) is 15.3. The Balaban J connectivity index is 1.79. The number of hydrogen-bond donors (Lipinski definition) is 4. The van der Waals surface area contributed by atoms with Gasteiger partial charge in [-0.3, -0.25) is 0 Å². The fourth-order valence-electron chi connectivity index (χ4n) is 4.82. The first-order chi connectivity index (χ1) is 19.7. The molecule has 2 aromatic rings. The zero-order valence-corrected chi connectivity index (χ0v) is 23.8. The highest BCUT2D eigenvalue weighted by Crippen LogP contribution is 2.39. The third-order valence-electron chi connectivity index (χ3n) is 7.30. The fraction of sp³-hybridized carbons (Fsp3) is 0.536. The molecular formula is C28H36F6N8. The van der Waals surface area contributed by atoms with E-state index in [0.29, 0.717) is 46.7 Å². The van der Waals surface area contributed by atoms with Crippen LogP contribution in [0, 0.1) is 17.2 Å². The minimum atomic E-state index is -4.98. The summed E-state index contributed by atoms with van der Waals surface area (Å²) in [6.45, 7) is 2.77. The van der Waals surface area contributed by atoms with Crippen molar-refractivity contribution in [3.63, 3.8) is 0 Å². The van der Waals surface area contributed by atoms with E-state index in [4.69, 9.17) is 16.1 Å². The van der Waals surface area contributed by atoms with Gasteiger partial charge in [0.25, 0.3) is 0 Å². The number of guanidine groups is 1. The molecule has 2 saturated carbocycles. The van der Waals surface area contributed by atoms with Crippen molar-refractivity contribution < 1.29 is 26.3 Å². The number of alkyl halides is 6. The van der Waals surface area contributed by atoms with Gasteiger partial charge < -0.3 is 31.7 Å². The second-order valence-electron chi connectivity index (χ2n) is 11.0. The van der Waals surface area contributed by atoms with Crippen LogP contribution < -0.4 is 21.4 Å². The molecule has 0 bridgehead atoms. The van der Waals surface area contributed by atoms with Gasteiger partial charge in [0.2, 0.25) is 5.96 Å². The normalized spacial score (nSPS) is 15.9. The van der Waals surface area contributed by atoms with E-state index in [1.165, 1.54) is 11.9 Å². The Bertz CT molecular complexity index is 1270. The molecule has 0 spiro atoms. The Kier molecular flexibility index (Phi) is 9.12. The number of anilines is 2. The molecule has 2 fully saturated rings. The molecule has 0 atom stereocenters. The molecule has 0 aliphatic heterocycles. The number of benzene rings is 1. The standard InChI is InChI=1S/C28H36F6N8/c1-16(35)23-10-20(25(39-24(23)37-2)41(12-17-4-5-17)13-18-6-7-18)15-42(26(36)40-38-3)14-19-8-21(27(29,30)31)11-22(9-19)28(32,33)34/h8-11,17-18,35,38H,4-7,12-15H2,1-3H3,(H2,36,40)(H,37,39). The number of halogens is 6. The maximum atomic E-state index is 13.6. The van der Waals surface area contributed by atoms with E-state index >= 15 is 0 Å². The van der Waals surface area contributed by atoms with Gasteiger partial charge in [-0.1, -0.05) is 0 Å². The van der Waals surface area contributed by atoms with Crippen molar-refractivity contribution in [3.05, 3.63) is 52.1 Å². The first kappa shape index (κ1) is 31.2. The van der Waals surface area contributed by atoms with Crippen LogP contribution in [0.25, 0.3) is 0 Å². The third-order valence-corrected chi connectivity index (χ3v) is 7.30. The Morgan fingerprint density at radius 1 is 0.952 bits per heavy atom. The molecule has 5 N–H and O–H groups in total. The first-order valence-corrected chi connectivity index (χ1v) is 13.7. The largest absolute Gasteiger partial charge is 0.416 e. The van der Waals surface area contributed by atoms with Gasteiger partial charge >= 0.3 is 12.4 Å². The molecule has 1 aromatic carbocycles. The molecule has 0 unspecified atom stereocenters. The molecule has 1 heterocycles. The molecule has 42 heavy (non-hydrogen) atoms. The van der Waals surface area contributed by atoms with E-state index in [2.05, 4.69) is 20.7 Å². The number of hydrazone groups is 1. The van der Waals surface area contributed by atoms with Crippen molar-refractivity contribution in [2.45, 2.75) is 58.0 Å². The average molecular weight is 599 g/mol. The Hall–Kier alpha value is -3.71. The van der Waals surface area contributed by atoms with Crippen LogP contribution in [0.5, 0.6) is 0 Å². The molecule has 2 aliphatic carbocycles. The number of hydrogen-bond acceptors (Lipinski definition) is 6. The Morgan fingerprint density at radius 3 is 1.93 bits per heavy atom. The predicted molar refractivity (Wildman–Crippen MR) is 150 cm³/mol. The number of nitrogens with two attached hydrogens (primary N) is 1. The number of aromatic nitrogens is 1. The maximum absolute atomic E-state index is 13.6. The molecular weight excluding hydrogens is 562 g/mol. The highest BCUT2D eigenvalue weighted by atomic mass is 19.4. The zero-order chi connectivity index (χ0) is 30.8. The summed E-state index contributed by atoms with van der Waals surface area (Å²) in [6.07, 6.45) is -5.52. The number of nitrogens with zero attached hydrogens (tertiary/aromatic N) is 4. The summed E-state index contributed by atoms with van der Waals surface area (Å²) >= 11 is 0. The van der Waals surface area contributed by atoms with E-state index in [1.807, 2.05) is 0 Å². The fourth-order valence-corrected chi connectivity index (χ4v) is 4.82. The summed E-state index contributed by atoms with van der Waals surface area (Å²) in [7, 11) is 3.19. The van der Waals surface area contributed by atoms with E-state index in [1.54, 1.807) is 20.0 Å². The highest BCUT2D eigenvalue weighted by Gasteiger charge is 2.37. The molecule has 0 amide bonds. The van der Waals surface area contributed by atoms with Crippen molar-refractivity contribution in [2.75, 3.05) is 37.4 Å². The molecule has 0 saturated heterocycles. The first-order valence-electron chi connectivity index (χ1n) is 13.7. The number of nitrogens with one attached hydrogen (secondary N) is 3. The molecule has 4 rings (SSSR count). The monoisotopic (exact) mass is 598 g/mol. The molecule has 14 heteroatoms. The van der Waals surface area contributed by atoms with Crippen LogP contribution in [0.1, 0.15) is 60.4 Å². The SMILES string of the molecule is CN/N=C(\N)N(Cc1cc(C(F)(F)F)cc(C(F)(F)F)c1)Cc1cc(C(C)=N)c(NC)nc1N(CC1CC1)CC1CC1. The quantitative estimate of drug-likeness (QED) is 0.109. The van der Waals surface area contributed by atoms with Crippen molar-refractivity contribution >= 4 is 23.3 Å². The van der Waals surface area contributed by atoms with Crippen molar-refractivity contribution in [1.29, 1.82) is 5.41 Å². The van der Waals surface area contributed by atoms with Crippen LogP contribution in [-0.4, -0.2) is 48.7 Å². The van der Waals surface area contributed by atoms with Crippen molar-refractivity contribution in [2.24, 2.45) is 22.7 Å². The number of pyridine rings is 1. The van der Waals surface area contributed by atoms with Crippen molar-refractivity contribution in [3.8, 4) is 0 Å². The Labute approximate surface area is 240 Å². The minimum absolute atomic E-state index is 0.0208. The van der Waals surface area contributed by atoms with Gasteiger partial charge in [0, 0.05) is 57.1 Å². The van der Waals surface area contributed by atoms with Crippen LogP contribution in [-0.2, 0) is 25.4 Å². The lowest BCUT2D eigenvalue weighted by Gasteiger charge is -2.30. The lowest BCUT2D eigenvalue weighted by Crippen LogP contribution is -2.39. The molecule has 2 aliphatic rings. The maximum Gasteiger partial charge on any atom is 0.416 e. The van der Waals surface area contributed by atoms with Gasteiger partial charge in [-0.15, -0.1) is 5.10 Å². The van der Waals surface area contributed by atoms with Gasteiger partial charge in [-0.25, -0.2) is 4.98 Å². The van der Waals surface area contributed by atoms with Crippen LogP contribution in [0.3, 0.4) is 0 Å². The molecule has 8 nitrogen and oxygen atoms in total. The lowest BCUT2D eigenvalue weighted by atomic mass is 10.0. The van der Waals surface area contributed by atoms with Crippen LogP contribution in [0.2, 0.25) is 0 Å². The number of rotatable bonds is 12. The zero-order valence-electron chi connectivity index (χ0n) is 23.8. The molecule has 1 aromatic heterocycles. The second-order valence-corrected chi connectivity index (χ2v) is 11.0. The van der Waals surface area contributed by atoms with E-state index in [0.717, 1.165) is 38.8 Å². The van der Waals surface area contributed by atoms with Gasteiger partial charge in [0.1, 0.15) is 11.6 Å². The van der Waals surface area contributed by atoms with Gasteiger partial charge in [-0.2, -0.15) is 26.3 Å². The predicted octanol–water partition coefficient (Wildman–Crippen LogP) is 5.63. The van der Waals surface area contributed by atoms with Gasteiger partial charge in [0.15, 0.2) is 0 Å². The van der Waals surface area contributed by atoms with E-state index in [-0.39, 0.29) is 36.4 Å². The third kappa shape index (κ3) is 7.97. The average Bonchev–Trinajstić information content (AvgIpc) is 3.84. The minimum Gasteiger partial charge on any atom is -0.373 e. The van der Waals surface area contributed by atoms with Gasteiger partial charge in [0.05, 0.1) is 11.1 Å². The van der Waals surface area contributed by atoms with Crippen molar-refractivity contribution in [1.82, 2.24) is 15.3 Å². The summed E-state index contributed by atoms with van der Waals surface area (Å²) in [5.74, 6) is 2.08. The molecule has 0 radical (unpaired) electrons. The second kappa shape index (κ2) is 12.3. The van der Waals surface area contributed by atoms with Crippen LogP contribution >= 0.6 is 0 Å². The summed E-state index contributed by atoms with van der Waals surface area (Å²) in [6, 6.07) is 3.27. The molecule has 230 valence electrons. The topological polar surface area (TPSA) is 106 Å². The summed E-state index contributed by atoms with van der Waals surface area (Å²) < 4.78 is 81.4. The lowest BCUT2D eigenvalue weighted by molar-refractivity contribution is -0.143. The van der Waals surface area contributed by atoms with Gasteiger partial charge in [-0.05, 0) is 74.3 Å². The smallest absolute Gasteiger partial charge is 0.373 e. The van der Waals surface area contributed by atoms with E-state index < -0.39 is 23.5 Å². The highest BCUT2D eigenvalue weighted by molar-refractivity contribution is 6.01.